The summed E-state index contributed by atoms with van der Waals surface area (Å²) in [6.07, 6.45) is 0. The van der Waals surface area contributed by atoms with Crippen LogP contribution in [0.3, 0.4) is 0 Å². The Kier molecular flexibility index (Phi) is 1.000. The van der Waals surface area contributed by atoms with Crippen molar-refractivity contribution in [2.24, 2.45) is 0 Å². The lowest BCUT2D eigenvalue weighted by Gasteiger charge is -1.94. The van der Waals surface area contributed by atoms with Crippen molar-refractivity contribution in [2.45, 2.75) is 13.1 Å². The van der Waals surface area contributed by atoms with E-state index in [0.717, 1.165) is 11.1 Å². The van der Waals surface area contributed by atoms with Crippen LogP contribution in [0.25, 0.3) is 0 Å². The molecule has 0 spiro atoms. The van der Waals surface area contributed by atoms with E-state index >= 15 is 0 Å². The van der Waals surface area contributed by atoms with Crippen LogP contribution in [-0.4, -0.2) is 0 Å². The van der Waals surface area contributed by atoms with Gasteiger partial charge in [-0.1, -0.05) is 6.07 Å². The molecule has 0 radical (unpaired) electrons. The molecule has 2 heteroatoms. The molecule has 1 aromatic rings. The Bertz CT molecular complexity index is 287. The van der Waals surface area contributed by atoms with Gasteiger partial charge in [-0.3, -0.25) is 0 Å². The van der Waals surface area contributed by atoms with E-state index in [2.05, 4.69) is 0 Å². The maximum absolute atomic E-state index is 12.6. The highest BCUT2D eigenvalue weighted by atomic mass is 19.1. The molecule has 0 saturated carbocycles. The highest BCUT2D eigenvalue weighted by Crippen LogP contribution is 2.15. The molecule has 2 rings (SSSR count). The van der Waals surface area contributed by atoms with E-state index in [9.17, 15) is 4.39 Å². The second kappa shape index (κ2) is 2.06. The fourth-order valence-corrected chi connectivity index (χ4v) is 1.19. The Labute approximate surface area is 60.3 Å². The summed E-state index contributed by atoms with van der Waals surface area (Å²) in [6, 6.07) is 4.70. The van der Waals surface area contributed by atoms with E-state index in [1.807, 2.05) is 0 Å². The van der Waals surface area contributed by atoms with Gasteiger partial charge in [0.2, 0.25) is 0 Å². The first kappa shape index (κ1) is 4.85. The van der Waals surface area contributed by atoms with E-state index in [1.165, 1.54) is 17.4 Å². The summed E-state index contributed by atoms with van der Waals surface area (Å²) in [5.41, 5.74) is 2.02. The molecule has 0 unspecified atom stereocenters. The van der Waals surface area contributed by atoms with Gasteiger partial charge in [0, 0.05) is 13.1 Å². The van der Waals surface area contributed by atoms with Gasteiger partial charge in [0.05, 0.1) is 0 Å². The van der Waals surface area contributed by atoms with E-state index in [-0.39, 0.29) is 5.82 Å². The zero-order valence-electron chi connectivity index (χ0n) is 6.47. The Balaban J connectivity index is 2.43. The molecule has 0 bridgehead atoms. The van der Waals surface area contributed by atoms with E-state index in [4.69, 9.17) is 1.41 Å². The van der Waals surface area contributed by atoms with Gasteiger partial charge < -0.3 is 5.31 Å². The SMILES string of the molecule is [2H]N1Cc2ccc(F)cc2C1. The van der Waals surface area contributed by atoms with Gasteiger partial charge in [0.1, 0.15) is 7.23 Å². The minimum Gasteiger partial charge on any atom is -0.309 e. The van der Waals surface area contributed by atoms with Crippen molar-refractivity contribution >= 4 is 0 Å². The standard InChI is InChI=1S/C8H8FN/c9-8-2-1-6-4-10-5-7(6)3-8/h1-3,10H,4-5H2/i/hD. The third kappa shape index (κ3) is 0.809. The molecule has 0 aromatic heterocycles. The lowest BCUT2D eigenvalue weighted by atomic mass is 10.1. The molecule has 1 aliphatic rings. The van der Waals surface area contributed by atoms with Crippen LogP contribution in [0.15, 0.2) is 18.2 Å². The van der Waals surface area contributed by atoms with Gasteiger partial charge in [-0.15, -0.1) is 0 Å². The number of hydrogen-bond acceptors (Lipinski definition) is 1. The summed E-state index contributed by atoms with van der Waals surface area (Å²) in [5.74, 6) is -0.209. The van der Waals surface area contributed by atoms with Gasteiger partial charge >= 0.3 is 0 Å². The predicted octanol–water partition coefficient (Wildman–Crippen LogP) is 1.43. The molecule has 1 aliphatic heterocycles. The molecule has 0 aliphatic carbocycles. The lowest BCUT2D eigenvalue weighted by Crippen LogP contribution is -1.99. The Morgan fingerprint density at radius 1 is 1.40 bits per heavy atom. The number of rotatable bonds is 0. The predicted molar refractivity (Wildman–Crippen MR) is 36.9 cm³/mol. The zero-order chi connectivity index (χ0) is 7.84. The molecule has 1 heterocycles. The van der Waals surface area contributed by atoms with Crippen LogP contribution in [-0.2, 0) is 13.1 Å². The number of nitrogens with one attached hydrogen (secondary N) is 1. The fraction of sp³-hybridized carbons (Fsp3) is 0.250. The Morgan fingerprint density at radius 2 is 2.20 bits per heavy atom. The first-order valence-corrected chi connectivity index (χ1v) is 3.27. The van der Waals surface area contributed by atoms with Crippen LogP contribution in [0.2, 0.25) is 1.41 Å². The van der Waals surface area contributed by atoms with Gasteiger partial charge in [0.25, 0.3) is 0 Å². The van der Waals surface area contributed by atoms with Crippen LogP contribution in [0.1, 0.15) is 11.1 Å². The number of halogens is 1. The molecule has 0 amide bonds. The molecular weight excluding hydrogens is 129 g/mol. The van der Waals surface area contributed by atoms with Crippen molar-refractivity contribution in [3.63, 3.8) is 0 Å². The van der Waals surface area contributed by atoms with Crippen LogP contribution < -0.4 is 5.31 Å². The van der Waals surface area contributed by atoms with Crippen molar-refractivity contribution < 1.29 is 5.80 Å². The largest absolute Gasteiger partial charge is 0.309 e. The molecule has 0 atom stereocenters. The van der Waals surface area contributed by atoms with Gasteiger partial charge in [-0.05, 0) is 23.3 Å². The van der Waals surface area contributed by atoms with Gasteiger partial charge in [-0.2, -0.15) is 0 Å². The molecule has 10 heavy (non-hydrogen) atoms. The highest BCUT2D eigenvalue weighted by Gasteiger charge is 2.08. The summed E-state index contributed by atoms with van der Waals surface area (Å²) in [5, 5.41) is 1.42. The van der Waals surface area contributed by atoms with Crippen molar-refractivity contribution in [2.75, 3.05) is 0 Å². The second-order valence-corrected chi connectivity index (χ2v) is 2.45. The van der Waals surface area contributed by atoms with Gasteiger partial charge in [0.15, 0.2) is 0 Å². The van der Waals surface area contributed by atoms with Crippen LogP contribution in [0.4, 0.5) is 4.39 Å². The van der Waals surface area contributed by atoms with Crippen molar-refractivity contribution in [1.82, 2.24) is 5.31 Å². The van der Waals surface area contributed by atoms with Crippen molar-refractivity contribution in [3.8, 4) is 0 Å². The van der Waals surface area contributed by atoms with Gasteiger partial charge in [-0.25, -0.2) is 4.39 Å². The number of benzene rings is 1. The molecule has 0 saturated heterocycles. The van der Waals surface area contributed by atoms with Crippen LogP contribution in [0, 0.1) is 5.82 Å². The number of hydrogen-bond donors (Lipinski definition) is 1. The van der Waals surface area contributed by atoms with Crippen LogP contribution in [0.5, 0.6) is 0 Å². The lowest BCUT2D eigenvalue weighted by molar-refractivity contribution is 0.625. The molecule has 1 nitrogen and oxygen atoms in total. The summed E-state index contributed by atoms with van der Waals surface area (Å²) in [7, 11) is 0. The second-order valence-electron chi connectivity index (χ2n) is 2.45. The quantitative estimate of drug-likeness (QED) is 0.571. The Morgan fingerprint density at radius 3 is 3.10 bits per heavy atom. The van der Waals surface area contributed by atoms with Crippen molar-refractivity contribution in [3.05, 3.63) is 35.1 Å². The van der Waals surface area contributed by atoms with E-state index in [1.54, 1.807) is 6.07 Å². The minimum atomic E-state index is -0.209. The van der Waals surface area contributed by atoms with Crippen LogP contribution >= 0.6 is 0 Å². The first-order valence-electron chi connectivity index (χ1n) is 3.71. The molecule has 1 aromatic carbocycles. The summed E-state index contributed by atoms with van der Waals surface area (Å²) >= 11 is 0. The normalized spacial score (nSPS) is 18.7. The highest BCUT2D eigenvalue weighted by molar-refractivity contribution is 5.30. The molecule has 52 valence electrons. The topological polar surface area (TPSA) is 12.0 Å². The average molecular weight is 138 g/mol. The summed E-state index contributed by atoms with van der Waals surface area (Å²) in [6.45, 7) is 1.17. The minimum absolute atomic E-state index is 0.209. The van der Waals surface area contributed by atoms with E-state index < -0.39 is 0 Å². The first-order chi connectivity index (χ1) is 5.25. The van der Waals surface area contributed by atoms with E-state index in [0.29, 0.717) is 13.1 Å². The zero-order valence-corrected chi connectivity index (χ0v) is 5.47. The third-order valence-electron chi connectivity index (χ3n) is 1.73. The monoisotopic (exact) mass is 138 g/mol. The maximum atomic E-state index is 12.6. The summed E-state index contributed by atoms with van der Waals surface area (Å²) in [4.78, 5) is 0. The Hall–Kier alpha value is -0.890. The fourth-order valence-electron chi connectivity index (χ4n) is 1.19. The number of fused-ring (bicyclic) bond motifs is 1. The smallest absolute Gasteiger partial charge is 0.123 e. The average Bonchev–Trinajstić information content (AvgIpc) is 2.27. The molecule has 0 fully saturated rings. The molecular formula is C8H8FN. The van der Waals surface area contributed by atoms with Crippen molar-refractivity contribution in [1.29, 1.82) is 0 Å². The molecule has 1 N–H and O–H groups in total. The third-order valence-corrected chi connectivity index (χ3v) is 1.73. The maximum Gasteiger partial charge on any atom is 0.123 e. The summed E-state index contributed by atoms with van der Waals surface area (Å²) < 4.78 is 19.9.